The number of nitrogens with one attached hydrogen (secondary N) is 1. The molecule has 1 atom stereocenters. The van der Waals surface area contributed by atoms with Gasteiger partial charge in [-0.2, -0.15) is 0 Å². The Hall–Kier alpha value is -0.540. The van der Waals surface area contributed by atoms with Crippen LogP contribution < -0.4 is 10.1 Å². The highest BCUT2D eigenvalue weighted by atomic mass is 79.9. The van der Waals surface area contributed by atoms with E-state index in [0.29, 0.717) is 5.92 Å². The third-order valence-electron chi connectivity index (χ3n) is 3.67. The first-order valence-electron chi connectivity index (χ1n) is 7.10. The average molecular weight is 326 g/mol. The number of rotatable bonds is 3. The van der Waals surface area contributed by atoms with Crippen LogP contribution in [0.2, 0.25) is 0 Å². The minimum Gasteiger partial charge on any atom is -0.492 e. The van der Waals surface area contributed by atoms with Crippen molar-refractivity contribution >= 4 is 15.9 Å². The van der Waals surface area contributed by atoms with Gasteiger partial charge < -0.3 is 10.1 Å². The lowest BCUT2D eigenvalue weighted by Gasteiger charge is -2.24. The maximum absolute atomic E-state index is 5.96. The van der Waals surface area contributed by atoms with Gasteiger partial charge in [-0.25, -0.2) is 0 Å². The van der Waals surface area contributed by atoms with Crippen LogP contribution in [0.1, 0.15) is 39.2 Å². The summed E-state index contributed by atoms with van der Waals surface area (Å²) < 4.78 is 7.02. The number of halogens is 1. The topological polar surface area (TPSA) is 21.3 Å². The van der Waals surface area contributed by atoms with E-state index in [1.807, 2.05) is 0 Å². The number of hydrogen-bond donors (Lipinski definition) is 1. The monoisotopic (exact) mass is 325 g/mol. The second-order valence-electron chi connectivity index (χ2n) is 6.42. The van der Waals surface area contributed by atoms with Crippen LogP contribution in [-0.2, 0) is 5.41 Å². The third-order valence-corrected chi connectivity index (χ3v) is 4.29. The van der Waals surface area contributed by atoms with Crippen molar-refractivity contribution in [1.29, 1.82) is 0 Å². The van der Waals surface area contributed by atoms with E-state index in [1.165, 1.54) is 18.4 Å². The van der Waals surface area contributed by atoms with Gasteiger partial charge >= 0.3 is 0 Å². The Morgan fingerprint density at radius 1 is 1.37 bits per heavy atom. The Kier molecular flexibility index (Phi) is 4.91. The molecule has 1 aliphatic heterocycles. The molecule has 2 nitrogen and oxygen atoms in total. The number of piperidine rings is 1. The fraction of sp³-hybridized carbons (Fsp3) is 0.625. The van der Waals surface area contributed by atoms with Gasteiger partial charge in [-0.15, -0.1) is 0 Å². The highest BCUT2D eigenvalue weighted by Crippen LogP contribution is 2.31. The van der Waals surface area contributed by atoms with Crippen molar-refractivity contribution in [1.82, 2.24) is 5.32 Å². The van der Waals surface area contributed by atoms with Crippen LogP contribution in [0.5, 0.6) is 5.75 Å². The van der Waals surface area contributed by atoms with Gasteiger partial charge in [-0.3, -0.25) is 0 Å². The Morgan fingerprint density at radius 2 is 2.16 bits per heavy atom. The van der Waals surface area contributed by atoms with Crippen molar-refractivity contribution in [2.75, 3.05) is 19.7 Å². The molecule has 0 radical (unpaired) electrons. The molecule has 1 fully saturated rings. The zero-order valence-corrected chi connectivity index (χ0v) is 13.7. The summed E-state index contributed by atoms with van der Waals surface area (Å²) in [7, 11) is 0. The van der Waals surface area contributed by atoms with Gasteiger partial charge in [0.05, 0.1) is 11.1 Å². The van der Waals surface area contributed by atoms with Gasteiger partial charge in [0, 0.05) is 12.5 Å². The van der Waals surface area contributed by atoms with Crippen LogP contribution in [0, 0.1) is 5.92 Å². The van der Waals surface area contributed by atoms with Crippen LogP contribution in [0.4, 0.5) is 0 Å². The van der Waals surface area contributed by atoms with Gasteiger partial charge in [0.25, 0.3) is 0 Å². The van der Waals surface area contributed by atoms with Gasteiger partial charge in [0.15, 0.2) is 0 Å². The predicted molar refractivity (Wildman–Crippen MR) is 83.9 cm³/mol. The van der Waals surface area contributed by atoms with Crippen LogP contribution in [-0.4, -0.2) is 19.7 Å². The molecule has 2 rings (SSSR count). The quantitative estimate of drug-likeness (QED) is 0.902. The Balaban J connectivity index is 1.97. The van der Waals surface area contributed by atoms with E-state index in [2.05, 4.69) is 60.2 Å². The molecule has 19 heavy (non-hydrogen) atoms. The summed E-state index contributed by atoms with van der Waals surface area (Å²) in [6, 6.07) is 6.43. The summed E-state index contributed by atoms with van der Waals surface area (Å²) in [4.78, 5) is 0. The van der Waals surface area contributed by atoms with Crippen molar-refractivity contribution in [3.05, 3.63) is 28.2 Å². The van der Waals surface area contributed by atoms with Crippen molar-refractivity contribution in [3.8, 4) is 5.75 Å². The van der Waals surface area contributed by atoms with Crippen LogP contribution >= 0.6 is 15.9 Å². The van der Waals surface area contributed by atoms with Crippen LogP contribution in [0.25, 0.3) is 0 Å². The van der Waals surface area contributed by atoms with E-state index in [0.717, 1.165) is 29.9 Å². The second kappa shape index (κ2) is 6.27. The van der Waals surface area contributed by atoms with E-state index < -0.39 is 0 Å². The first kappa shape index (κ1) is 14.9. The van der Waals surface area contributed by atoms with Crippen molar-refractivity contribution in [3.63, 3.8) is 0 Å². The fourth-order valence-corrected chi connectivity index (χ4v) is 2.85. The predicted octanol–water partition coefficient (Wildman–Crippen LogP) is 4.13. The molecule has 0 unspecified atom stereocenters. The normalized spacial score (nSPS) is 20.3. The molecular weight excluding hydrogens is 302 g/mol. The Morgan fingerprint density at radius 3 is 2.74 bits per heavy atom. The first-order chi connectivity index (χ1) is 8.97. The smallest absolute Gasteiger partial charge is 0.133 e. The summed E-state index contributed by atoms with van der Waals surface area (Å²) >= 11 is 3.62. The molecule has 0 aromatic heterocycles. The van der Waals surface area contributed by atoms with E-state index in [1.54, 1.807) is 0 Å². The number of ether oxygens (including phenoxy) is 1. The zero-order valence-electron chi connectivity index (χ0n) is 12.1. The Labute approximate surface area is 125 Å². The van der Waals surface area contributed by atoms with Gasteiger partial charge in [-0.1, -0.05) is 26.8 Å². The molecular formula is C16H24BrNO. The third kappa shape index (κ3) is 4.22. The molecule has 3 heteroatoms. The SMILES string of the molecule is CC(C)(C)c1ccc(OC[C@H]2CCCNC2)c(Br)c1. The van der Waals surface area contributed by atoms with Crippen molar-refractivity contribution in [2.24, 2.45) is 5.92 Å². The molecule has 0 amide bonds. The number of hydrogen-bond acceptors (Lipinski definition) is 2. The molecule has 1 aromatic rings. The number of benzene rings is 1. The van der Waals surface area contributed by atoms with Crippen molar-refractivity contribution < 1.29 is 4.74 Å². The lowest BCUT2D eigenvalue weighted by Crippen LogP contribution is -2.33. The minimum absolute atomic E-state index is 0.175. The van der Waals surface area contributed by atoms with E-state index in [-0.39, 0.29) is 5.41 Å². The zero-order chi connectivity index (χ0) is 13.9. The summed E-state index contributed by atoms with van der Waals surface area (Å²) in [6.07, 6.45) is 2.53. The van der Waals surface area contributed by atoms with E-state index in [9.17, 15) is 0 Å². The summed E-state index contributed by atoms with van der Waals surface area (Å²) in [6.45, 7) is 9.72. The lowest BCUT2D eigenvalue weighted by atomic mass is 9.87. The molecule has 1 N–H and O–H groups in total. The van der Waals surface area contributed by atoms with Crippen LogP contribution in [0.15, 0.2) is 22.7 Å². The van der Waals surface area contributed by atoms with Gasteiger partial charge in [-0.05, 0) is 58.4 Å². The maximum Gasteiger partial charge on any atom is 0.133 e. The molecule has 0 bridgehead atoms. The van der Waals surface area contributed by atoms with Crippen molar-refractivity contribution in [2.45, 2.75) is 39.0 Å². The standard InChI is InChI=1S/C16H24BrNO/c1-16(2,3)13-6-7-15(14(17)9-13)19-11-12-5-4-8-18-10-12/h6-7,9,12,18H,4-5,8,10-11H2,1-3H3/t12-/m0/s1. The second-order valence-corrected chi connectivity index (χ2v) is 7.27. The molecule has 1 aliphatic rings. The minimum atomic E-state index is 0.175. The summed E-state index contributed by atoms with van der Waals surface area (Å²) in [5.41, 5.74) is 1.50. The van der Waals surface area contributed by atoms with Crippen LogP contribution in [0.3, 0.4) is 0 Å². The van der Waals surface area contributed by atoms with Gasteiger partial charge in [0.1, 0.15) is 5.75 Å². The molecule has 1 saturated heterocycles. The molecule has 1 heterocycles. The summed E-state index contributed by atoms with van der Waals surface area (Å²) in [5, 5.41) is 3.42. The molecule has 1 aromatic carbocycles. The first-order valence-corrected chi connectivity index (χ1v) is 7.89. The Bertz CT molecular complexity index is 419. The molecule has 106 valence electrons. The van der Waals surface area contributed by atoms with E-state index in [4.69, 9.17) is 4.74 Å². The van der Waals surface area contributed by atoms with E-state index >= 15 is 0 Å². The lowest BCUT2D eigenvalue weighted by molar-refractivity contribution is 0.217. The average Bonchev–Trinajstić information content (AvgIpc) is 2.37. The maximum atomic E-state index is 5.96. The largest absolute Gasteiger partial charge is 0.492 e. The molecule has 0 aliphatic carbocycles. The fourth-order valence-electron chi connectivity index (χ4n) is 2.36. The van der Waals surface area contributed by atoms with Gasteiger partial charge in [0.2, 0.25) is 0 Å². The molecule has 0 spiro atoms. The molecule has 0 saturated carbocycles. The summed E-state index contributed by atoms with van der Waals surface area (Å²) in [5.74, 6) is 1.60. The highest BCUT2D eigenvalue weighted by molar-refractivity contribution is 9.10. The highest BCUT2D eigenvalue weighted by Gasteiger charge is 2.17.